The van der Waals surface area contributed by atoms with Crippen molar-refractivity contribution >= 4 is 27.5 Å². The quantitative estimate of drug-likeness (QED) is 0.730. The Labute approximate surface area is 91.7 Å². The molecule has 1 aromatic carbocycles. The van der Waals surface area contributed by atoms with Gasteiger partial charge in [0.15, 0.2) is 0 Å². The predicted molar refractivity (Wildman–Crippen MR) is 60.1 cm³/mol. The number of rotatable bonds is 2. The van der Waals surface area contributed by atoms with E-state index in [0.29, 0.717) is 0 Å². The van der Waals surface area contributed by atoms with Crippen molar-refractivity contribution in [2.45, 2.75) is 13.3 Å². The van der Waals surface area contributed by atoms with Gasteiger partial charge in [-0.1, -0.05) is 12.1 Å². The van der Waals surface area contributed by atoms with Crippen LogP contribution in [0.4, 0.5) is 0 Å². The molecule has 0 aliphatic heterocycles. The number of para-hydroxylation sites is 1. The van der Waals surface area contributed by atoms with Crippen molar-refractivity contribution in [3.8, 4) is 0 Å². The lowest BCUT2D eigenvalue weighted by Gasteiger charge is -1.93. The zero-order valence-corrected chi connectivity index (χ0v) is 9.43. The Morgan fingerprint density at radius 3 is 3.00 bits per heavy atom. The number of methoxy groups -OCH3 is 1. The minimum absolute atomic E-state index is 0.244. The van der Waals surface area contributed by atoms with E-state index in [4.69, 9.17) is 0 Å². The second kappa shape index (κ2) is 3.98. The highest BCUT2D eigenvalue weighted by atomic mass is 32.1. The van der Waals surface area contributed by atoms with Gasteiger partial charge in [-0.3, -0.25) is 4.79 Å². The van der Waals surface area contributed by atoms with Crippen LogP contribution in [0.15, 0.2) is 18.2 Å². The van der Waals surface area contributed by atoms with E-state index in [-0.39, 0.29) is 12.4 Å². The largest absolute Gasteiger partial charge is 0.469 e. The summed E-state index contributed by atoms with van der Waals surface area (Å²) in [7, 11) is 1.39. The molecule has 78 valence electrons. The lowest BCUT2D eigenvalue weighted by molar-refractivity contribution is -0.139. The van der Waals surface area contributed by atoms with Crippen molar-refractivity contribution in [3.63, 3.8) is 0 Å². The van der Waals surface area contributed by atoms with Crippen molar-refractivity contribution in [1.82, 2.24) is 4.98 Å². The number of hydrogen-bond acceptors (Lipinski definition) is 4. The monoisotopic (exact) mass is 221 g/mol. The molecule has 0 unspecified atom stereocenters. The summed E-state index contributed by atoms with van der Waals surface area (Å²) in [5, 5.41) is 0.811. The number of esters is 1. The average molecular weight is 221 g/mol. The highest BCUT2D eigenvalue weighted by Crippen LogP contribution is 2.24. The molecule has 0 bridgehead atoms. The molecule has 0 fully saturated rings. The molecule has 0 spiro atoms. The number of aromatic nitrogens is 1. The zero-order valence-electron chi connectivity index (χ0n) is 8.61. The Balaban J connectivity index is 2.39. The summed E-state index contributed by atoms with van der Waals surface area (Å²) in [6.45, 7) is 2.02. The van der Waals surface area contributed by atoms with Gasteiger partial charge in [0.25, 0.3) is 0 Å². The summed E-state index contributed by atoms with van der Waals surface area (Å²) in [4.78, 5) is 15.5. The maximum Gasteiger partial charge on any atom is 0.312 e. The summed E-state index contributed by atoms with van der Waals surface area (Å²) >= 11 is 1.54. The van der Waals surface area contributed by atoms with Gasteiger partial charge in [-0.25, -0.2) is 4.98 Å². The van der Waals surface area contributed by atoms with Crippen LogP contribution in [0.5, 0.6) is 0 Å². The molecular weight excluding hydrogens is 210 g/mol. The summed E-state index contributed by atoms with van der Waals surface area (Å²) < 4.78 is 5.73. The van der Waals surface area contributed by atoms with E-state index >= 15 is 0 Å². The Morgan fingerprint density at radius 1 is 1.53 bits per heavy atom. The molecule has 2 aromatic rings. The maximum atomic E-state index is 11.1. The molecule has 4 heteroatoms. The Kier molecular flexibility index (Phi) is 2.68. The molecule has 0 radical (unpaired) electrons. The standard InChI is InChI=1S/C11H11NO2S/c1-7-4-3-5-8-11(7)12-9(15-8)6-10(13)14-2/h3-5H,6H2,1-2H3. The van der Waals surface area contributed by atoms with Gasteiger partial charge in [-0.05, 0) is 18.6 Å². The SMILES string of the molecule is COC(=O)Cc1nc2c(C)cccc2s1. The summed E-state index contributed by atoms with van der Waals surface area (Å²) in [5.74, 6) is -0.244. The average Bonchev–Trinajstić information content (AvgIpc) is 2.62. The van der Waals surface area contributed by atoms with Crippen LogP contribution < -0.4 is 0 Å². The third-order valence-corrected chi connectivity index (χ3v) is 3.21. The first-order valence-electron chi connectivity index (χ1n) is 4.62. The minimum Gasteiger partial charge on any atom is -0.469 e. The van der Waals surface area contributed by atoms with Crippen LogP contribution in [0, 0.1) is 6.92 Å². The van der Waals surface area contributed by atoms with Crippen LogP contribution in [0.2, 0.25) is 0 Å². The van der Waals surface area contributed by atoms with Gasteiger partial charge in [0.05, 0.1) is 23.7 Å². The zero-order chi connectivity index (χ0) is 10.8. The number of hydrogen-bond donors (Lipinski definition) is 0. The molecule has 0 atom stereocenters. The molecule has 0 saturated carbocycles. The van der Waals surface area contributed by atoms with Crippen molar-refractivity contribution in [3.05, 3.63) is 28.8 Å². The van der Waals surface area contributed by atoms with E-state index in [1.165, 1.54) is 7.11 Å². The fraction of sp³-hybridized carbons (Fsp3) is 0.273. The highest BCUT2D eigenvalue weighted by molar-refractivity contribution is 7.18. The van der Waals surface area contributed by atoms with Crippen LogP contribution in [0.3, 0.4) is 0 Å². The number of carbonyl (C=O) groups is 1. The van der Waals surface area contributed by atoms with Crippen molar-refractivity contribution in [1.29, 1.82) is 0 Å². The van der Waals surface area contributed by atoms with Crippen molar-refractivity contribution in [2.24, 2.45) is 0 Å². The van der Waals surface area contributed by atoms with Crippen LogP contribution in [-0.4, -0.2) is 18.1 Å². The van der Waals surface area contributed by atoms with Gasteiger partial charge in [-0.15, -0.1) is 11.3 Å². The van der Waals surface area contributed by atoms with Gasteiger partial charge < -0.3 is 4.74 Å². The van der Waals surface area contributed by atoms with Gasteiger partial charge in [0.1, 0.15) is 5.01 Å². The topological polar surface area (TPSA) is 39.2 Å². The first kappa shape index (κ1) is 10.1. The summed E-state index contributed by atoms with van der Waals surface area (Å²) in [6.07, 6.45) is 0.259. The van der Waals surface area contributed by atoms with Crippen LogP contribution in [0.25, 0.3) is 10.2 Å². The minimum atomic E-state index is -0.244. The summed E-state index contributed by atoms with van der Waals surface area (Å²) in [5.41, 5.74) is 2.13. The number of aryl methyl sites for hydroxylation is 1. The molecule has 3 nitrogen and oxygen atoms in total. The van der Waals surface area contributed by atoms with Crippen molar-refractivity contribution in [2.75, 3.05) is 7.11 Å². The predicted octanol–water partition coefficient (Wildman–Crippen LogP) is 2.32. The van der Waals surface area contributed by atoms with Gasteiger partial charge in [0, 0.05) is 0 Å². The van der Waals surface area contributed by atoms with Crippen molar-refractivity contribution < 1.29 is 9.53 Å². The second-order valence-corrected chi connectivity index (χ2v) is 4.40. The molecule has 2 rings (SSSR count). The fourth-order valence-corrected chi connectivity index (χ4v) is 2.43. The Bertz CT molecular complexity index is 504. The van der Waals surface area contributed by atoms with Gasteiger partial charge in [0.2, 0.25) is 0 Å². The van der Waals surface area contributed by atoms with E-state index in [1.54, 1.807) is 11.3 Å². The number of nitrogens with zero attached hydrogens (tertiary/aromatic N) is 1. The highest BCUT2D eigenvalue weighted by Gasteiger charge is 2.09. The maximum absolute atomic E-state index is 11.1. The number of fused-ring (bicyclic) bond motifs is 1. The van der Waals surface area contributed by atoms with Crippen LogP contribution in [-0.2, 0) is 16.0 Å². The number of benzene rings is 1. The van der Waals surface area contributed by atoms with Crippen LogP contribution in [0.1, 0.15) is 10.6 Å². The van der Waals surface area contributed by atoms with Crippen LogP contribution >= 0.6 is 11.3 Å². The number of thiazole rings is 1. The Morgan fingerprint density at radius 2 is 2.33 bits per heavy atom. The van der Waals surface area contributed by atoms with E-state index < -0.39 is 0 Å². The molecule has 15 heavy (non-hydrogen) atoms. The number of carbonyl (C=O) groups excluding carboxylic acids is 1. The Hall–Kier alpha value is -1.42. The molecule has 0 N–H and O–H groups in total. The first-order valence-corrected chi connectivity index (χ1v) is 5.44. The lowest BCUT2D eigenvalue weighted by Crippen LogP contribution is -2.03. The third kappa shape index (κ3) is 1.99. The first-order chi connectivity index (χ1) is 7.20. The van der Waals surface area contributed by atoms with Gasteiger partial charge in [-0.2, -0.15) is 0 Å². The summed E-state index contributed by atoms with van der Waals surface area (Å²) in [6, 6.07) is 6.03. The smallest absolute Gasteiger partial charge is 0.312 e. The normalized spacial score (nSPS) is 10.5. The fourth-order valence-electron chi connectivity index (χ4n) is 1.40. The van der Waals surface area contributed by atoms with E-state index in [9.17, 15) is 4.79 Å². The van der Waals surface area contributed by atoms with E-state index in [2.05, 4.69) is 9.72 Å². The second-order valence-electron chi connectivity index (χ2n) is 3.28. The third-order valence-electron chi connectivity index (χ3n) is 2.19. The molecule has 0 saturated heterocycles. The molecule has 0 amide bonds. The molecule has 0 aliphatic carbocycles. The molecule has 0 aliphatic rings. The molecular formula is C11H11NO2S. The van der Waals surface area contributed by atoms with Gasteiger partial charge >= 0.3 is 5.97 Å². The number of ether oxygens (including phenoxy) is 1. The lowest BCUT2D eigenvalue weighted by atomic mass is 10.2. The molecule has 1 heterocycles. The van der Waals surface area contributed by atoms with E-state index in [0.717, 1.165) is 20.8 Å². The molecule has 1 aromatic heterocycles. The van der Waals surface area contributed by atoms with E-state index in [1.807, 2.05) is 25.1 Å².